The van der Waals surface area contributed by atoms with E-state index in [1.807, 2.05) is 0 Å². The van der Waals surface area contributed by atoms with Crippen LogP contribution in [0, 0.1) is 0 Å². The number of hydrogen-bond donors (Lipinski definition) is 2. The summed E-state index contributed by atoms with van der Waals surface area (Å²) in [4.78, 5) is 41.6. The summed E-state index contributed by atoms with van der Waals surface area (Å²) in [6, 6.07) is 4.64. The highest BCUT2D eigenvalue weighted by molar-refractivity contribution is 6.10. The quantitative estimate of drug-likeness (QED) is 0.823. The van der Waals surface area contributed by atoms with Gasteiger partial charge in [0.2, 0.25) is 5.91 Å². The van der Waals surface area contributed by atoms with Crippen molar-refractivity contribution >= 4 is 23.7 Å². The smallest absolute Gasteiger partial charge is 0.323 e. The van der Waals surface area contributed by atoms with Crippen molar-refractivity contribution in [1.29, 1.82) is 0 Å². The van der Waals surface area contributed by atoms with E-state index in [4.69, 9.17) is 0 Å². The summed E-state index contributed by atoms with van der Waals surface area (Å²) in [5, 5.41) is 5.36. The molecule has 2 heterocycles. The fraction of sp³-hybridized carbons (Fsp3) is 0.467. The number of aromatic nitrogens is 1. The van der Waals surface area contributed by atoms with E-state index in [9.17, 15) is 14.4 Å². The van der Waals surface area contributed by atoms with Crippen LogP contribution in [0.2, 0.25) is 0 Å². The average molecular weight is 302 g/mol. The minimum atomic E-state index is -0.791. The van der Waals surface area contributed by atoms with Crippen molar-refractivity contribution in [1.82, 2.24) is 15.2 Å². The Balaban J connectivity index is 1.66. The number of rotatable bonds is 3. The first kappa shape index (κ1) is 14.5. The molecule has 7 nitrogen and oxygen atoms in total. The van der Waals surface area contributed by atoms with E-state index in [1.54, 1.807) is 24.4 Å². The van der Waals surface area contributed by atoms with Gasteiger partial charge in [-0.2, -0.15) is 0 Å². The maximum atomic E-state index is 12.5. The van der Waals surface area contributed by atoms with Gasteiger partial charge in [0.05, 0.1) is 0 Å². The van der Waals surface area contributed by atoms with Crippen LogP contribution in [0.5, 0.6) is 0 Å². The average Bonchev–Trinajstić information content (AvgIpc) is 2.73. The molecule has 22 heavy (non-hydrogen) atoms. The molecule has 7 heteroatoms. The molecule has 1 spiro atoms. The number of carbonyl (C=O) groups is 3. The maximum absolute atomic E-state index is 12.5. The summed E-state index contributed by atoms with van der Waals surface area (Å²) in [5.41, 5.74) is -0.791. The van der Waals surface area contributed by atoms with Gasteiger partial charge in [-0.1, -0.05) is 25.3 Å². The van der Waals surface area contributed by atoms with Gasteiger partial charge >= 0.3 is 6.03 Å². The van der Waals surface area contributed by atoms with Crippen molar-refractivity contribution in [3.05, 3.63) is 24.4 Å². The Morgan fingerprint density at radius 3 is 2.73 bits per heavy atom. The van der Waals surface area contributed by atoms with Crippen LogP contribution >= 0.6 is 0 Å². The SMILES string of the molecule is O=C(CN1C(=O)NC2(CCCCC2)C1=O)Nc1ccccn1. The molecule has 3 rings (SSSR count). The van der Waals surface area contributed by atoms with Gasteiger partial charge < -0.3 is 10.6 Å². The van der Waals surface area contributed by atoms with Crippen molar-refractivity contribution in [2.75, 3.05) is 11.9 Å². The lowest BCUT2D eigenvalue weighted by Crippen LogP contribution is -2.48. The van der Waals surface area contributed by atoms with Crippen LogP contribution in [0.4, 0.5) is 10.6 Å². The third-order valence-corrected chi connectivity index (χ3v) is 4.19. The summed E-state index contributed by atoms with van der Waals surface area (Å²) in [5.74, 6) is -0.324. The van der Waals surface area contributed by atoms with Crippen molar-refractivity contribution < 1.29 is 14.4 Å². The number of imide groups is 1. The zero-order valence-corrected chi connectivity index (χ0v) is 12.2. The molecule has 1 aromatic heterocycles. The van der Waals surface area contributed by atoms with E-state index < -0.39 is 17.5 Å². The lowest BCUT2D eigenvalue weighted by molar-refractivity contribution is -0.134. The Bertz CT molecular complexity index is 596. The van der Waals surface area contributed by atoms with E-state index >= 15 is 0 Å². The second-order valence-electron chi connectivity index (χ2n) is 5.73. The Labute approximate surface area is 128 Å². The van der Waals surface area contributed by atoms with Gasteiger partial charge in [-0.15, -0.1) is 0 Å². The molecule has 1 saturated heterocycles. The second-order valence-corrected chi connectivity index (χ2v) is 5.73. The molecule has 2 fully saturated rings. The normalized spacial score (nSPS) is 20.1. The minimum absolute atomic E-state index is 0.284. The van der Waals surface area contributed by atoms with Crippen molar-refractivity contribution in [3.63, 3.8) is 0 Å². The lowest BCUT2D eigenvalue weighted by Gasteiger charge is -2.30. The molecule has 1 aliphatic carbocycles. The van der Waals surface area contributed by atoms with Crippen molar-refractivity contribution in [2.24, 2.45) is 0 Å². The number of urea groups is 1. The van der Waals surface area contributed by atoms with E-state index in [-0.39, 0.29) is 12.5 Å². The van der Waals surface area contributed by atoms with Gasteiger partial charge in [0.15, 0.2) is 0 Å². The molecule has 0 radical (unpaired) electrons. The van der Waals surface area contributed by atoms with Gasteiger partial charge in [-0.05, 0) is 25.0 Å². The lowest BCUT2D eigenvalue weighted by atomic mass is 9.82. The van der Waals surface area contributed by atoms with Gasteiger partial charge in [-0.25, -0.2) is 9.78 Å². The fourth-order valence-electron chi connectivity index (χ4n) is 3.08. The molecular formula is C15H18N4O3. The fourth-order valence-corrected chi connectivity index (χ4v) is 3.08. The first-order chi connectivity index (χ1) is 10.6. The number of pyridine rings is 1. The highest BCUT2D eigenvalue weighted by atomic mass is 16.2. The molecular weight excluding hydrogens is 284 g/mol. The highest BCUT2D eigenvalue weighted by Gasteiger charge is 2.51. The molecule has 1 saturated carbocycles. The monoisotopic (exact) mass is 302 g/mol. The van der Waals surface area contributed by atoms with Crippen molar-refractivity contribution in [3.8, 4) is 0 Å². The molecule has 116 valence electrons. The van der Waals surface area contributed by atoms with Crippen LogP contribution in [0.3, 0.4) is 0 Å². The van der Waals surface area contributed by atoms with Crippen LogP contribution in [0.1, 0.15) is 32.1 Å². The van der Waals surface area contributed by atoms with Crippen LogP contribution in [-0.4, -0.2) is 39.8 Å². The maximum Gasteiger partial charge on any atom is 0.325 e. The van der Waals surface area contributed by atoms with Crippen LogP contribution in [-0.2, 0) is 9.59 Å². The standard InChI is InChI=1S/C15H18N4O3/c20-12(17-11-6-2-5-9-16-11)10-19-13(21)15(18-14(19)22)7-3-1-4-8-15/h2,5-6,9H,1,3-4,7-8,10H2,(H,18,22)(H,16,17,20). The molecule has 1 aromatic rings. The van der Waals surface area contributed by atoms with E-state index in [0.717, 1.165) is 24.2 Å². The topological polar surface area (TPSA) is 91.4 Å². The second kappa shape index (κ2) is 5.75. The molecule has 0 aromatic carbocycles. The summed E-state index contributed by atoms with van der Waals surface area (Å²) in [6.45, 7) is -0.289. The summed E-state index contributed by atoms with van der Waals surface area (Å²) >= 11 is 0. The number of amides is 4. The van der Waals surface area contributed by atoms with E-state index in [1.165, 1.54) is 0 Å². The van der Waals surface area contributed by atoms with Crippen LogP contribution in [0.25, 0.3) is 0 Å². The molecule has 0 unspecified atom stereocenters. The van der Waals surface area contributed by atoms with Gasteiger partial charge in [0.1, 0.15) is 17.9 Å². The molecule has 0 bridgehead atoms. The predicted molar refractivity (Wildman–Crippen MR) is 78.9 cm³/mol. The zero-order valence-electron chi connectivity index (χ0n) is 12.2. The number of nitrogens with zero attached hydrogens (tertiary/aromatic N) is 2. The zero-order chi connectivity index (χ0) is 15.6. The molecule has 0 atom stereocenters. The molecule has 4 amide bonds. The van der Waals surface area contributed by atoms with Gasteiger partial charge in [0, 0.05) is 6.20 Å². The molecule has 1 aliphatic heterocycles. The Hall–Kier alpha value is -2.44. The summed E-state index contributed by atoms with van der Waals surface area (Å²) in [6.07, 6.45) is 5.76. The number of hydrogen-bond acceptors (Lipinski definition) is 4. The third kappa shape index (κ3) is 2.66. The minimum Gasteiger partial charge on any atom is -0.323 e. The first-order valence-corrected chi connectivity index (χ1v) is 7.46. The first-order valence-electron chi connectivity index (χ1n) is 7.46. The van der Waals surface area contributed by atoms with Crippen LogP contribution in [0.15, 0.2) is 24.4 Å². The van der Waals surface area contributed by atoms with E-state index in [0.29, 0.717) is 18.7 Å². The number of carbonyl (C=O) groups excluding carboxylic acids is 3. The summed E-state index contributed by atoms with van der Waals surface area (Å²) in [7, 11) is 0. The molecule has 2 N–H and O–H groups in total. The molecule has 2 aliphatic rings. The Morgan fingerprint density at radius 1 is 1.27 bits per heavy atom. The summed E-state index contributed by atoms with van der Waals surface area (Å²) < 4.78 is 0. The van der Waals surface area contributed by atoms with E-state index in [2.05, 4.69) is 15.6 Å². The Kier molecular flexibility index (Phi) is 3.79. The number of anilines is 1. The third-order valence-electron chi connectivity index (χ3n) is 4.19. The number of nitrogens with one attached hydrogen (secondary N) is 2. The Morgan fingerprint density at radius 2 is 2.05 bits per heavy atom. The van der Waals surface area contributed by atoms with Gasteiger partial charge in [-0.3, -0.25) is 14.5 Å². The van der Waals surface area contributed by atoms with Gasteiger partial charge in [0.25, 0.3) is 5.91 Å². The largest absolute Gasteiger partial charge is 0.325 e. The highest BCUT2D eigenvalue weighted by Crippen LogP contribution is 2.33. The van der Waals surface area contributed by atoms with Crippen molar-refractivity contribution in [2.45, 2.75) is 37.6 Å². The predicted octanol–water partition coefficient (Wildman–Crippen LogP) is 1.27. The van der Waals surface area contributed by atoms with Crippen LogP contribution < -0.4 is 10.6 Å².